The van der Waals surface area contributed by atoms with Crippen molar-refractivity contribution >= 4 is 29.1 Å². The number of hydrogen-bond donors (Lipinski definition) is 0. The molecule has 0 N–H and O–H groups in total. The van der Waals surface area contributed by atoms with E-state index in [1.807, 2.05) is 76.3 Å². The summed E-state index contributed by atoms with van der Waals surface area (Å²) in [6, 6.07) is 19.2. The lowest BCUT2D eigenvalue weighted by Crippen LogP contribution is -2.50. The van der Waals surface area contributed by atoms with Gasteiger partial charge in [-0.1, -0.05) is 42.1 Å². The van der Waals surface area contributed by atoms with Gasteiger partial charge in [0.15, 0.2) is 5.78 Å². The van der Waals surface area contributed by atoms with E-state index >= 15 is 0 Å². The number of para-hydroxylation sites is 1. The fraction of sp³-hybridized carbons (Fsp3) is 0.261. The van der Waals surface area contributed by atoms with Gasteiger partial charge in [-0.15, -0.1) is 0 Å². The maximum Gasteiger partial charge on any atom is 0.253 e. The van der Waals surface area contributed by atoms with Crippen LogP contribution in [0.2, 0.25) is 0 Å². The van der Waals surface area contributed by atoms with Crippen molar-refractivity contribution in [3.8, 4) is 6.07 Å². The Kier molecular flexibility index (Phi) is 5.88. The van der Waals surface area contributed by atoms with E-state index in [4.69, 9.17) is 0 Å². The summed E-state index contributed by atoms with van der Waals surface area (Å²) in [5, 5.41) is 10.4. The molecule has 30 heavy (non-hydrogen) atoms. The number of amides is 1. The average molecular weight is 419 g/mol. The fourth-order valence-corrected chi connectivity index (χ4v) is 4.87. The van der Waals surface area contributed by atoms with Crippen molar-refractivity contribution in [1.29, 1.82) is 5.26 Å². The zero-order valence-electron chi connectivity index (χ0n) is 16.7. The maximum atomic E-state index is 12.9. The topological polar surface area (TPSA) is 67.7 Å². The smallest absolute Gasteiger partial charge is 0.253 e. The number of carbonyl (C=O) groups excluding carboxylic acids is 2. The van der Waals surface area contributed by atoms with Crippen LogP contribution in [0.1, 0.15) is 10.4 Å². The first-order valence-corrected chi connectivity index (χ1v) is 10.6. The molecule has 1 amide bonds. The first-order valence-electron chi connectivity index (χ1n) is 9.83. The summed E-state index contributed by atoms with van der Waals surface area (Å²) < 4.78 is 0. The number of Topliss-reactive ketones (excluding diaryl/α,β-unsaturated/α-hetero) is 1. The molecule has 0 saturated carbocycles. The molecular weight excluding hydrogens is 396 g/mol. The van der Waals surface area contributed by atoms with Gasteiger partial charge in [-0.25, -0.2) is 0 Å². The Labute approximate surface area is 180 Å². The van der Waals surface area contributed by atoms with E-state index in [1.165, 1.54) is 11.8 Å². The van der Waals surface area contributed by atoms with Crippen molar-refractivity contribution in [2.75, 3.05) is 44.7 Å². The van der Waals surface area contributed by atoms with Crippen LogP contribution in [-0.4, -0.2) is 61.3 Å². The average Bonchev–Trinajstić information content (AvgIpc) is 3.11. The van der Waals surface area contributed by atoms with Gasteiger partial charge in [0, 0.05) is 43.7 Å². The number of fused-ring (bicyclic) bond motifs is 1. The molecule has 152 valence electrons. The van der Waals surface area contributed by atoms with Gasteiger partial charge in [-0.3, -0.25) is 14.5 Å². The number of ketones is 1. The summed E-state index contributed by atoms with van der Waals surface area (Å²) >= 11 is 1.46. The summed E-state index contributed by atoms with van der Waals surface area (Å²) in [6.45, 7) is 2.55. The monoisotopic (exact) mass is 418 g/mol. The second kappa shape index (κ2) is 8.74. The molecule has 4 rings (SSSR count). The highest BCUT2D eigenvalue weighted by Crippen LogP contribution is 2.46. The Morgan fingerprint density at radius 1 is 1.00 bits per heavy atom. The molecule has 0 radical (unpaired) electrons. The van der Waals surface area contributed by atoms with Crippen LogP contribution in [0.5, 0.6) is 0 Å². The van der Waals surface area contributed by atoms with Crippen LogP contribution in [-0.2, 0) is 4.79 Å². The van der Waals surface area contributed by atoms with Gasteiger partial charge in [0.05, 0.1) is 12.2 Å². The third kappa shape index (κ3) is 3.97. The van der Waals surface area contributed by atoms with Gasteiger partial charge in [-0.2, -0.15) is 5.26 Å². The van der Waals surface area contributed by atoms with Crippen LogP contribution in [0.4, 0.5) is 5.69 Å². The van der Waals surface area contributed by atoms with Crippen molar-refractivity contribution in [3.63, 3.8) is 0 Å². The lowest BCUT2D eigenvalue weighted by Gasteiger charge is -2.34. The van der Waals surface area contributed by atoms with E-state index in [-0.39, 0.29) is 23.8 Å². The zero-order valence-corrected chi connectivity index (χ0v) is 17.6. The molecule has 1 fully saturated rings. The molecule has 0 spiro atoms. The molecule has 2 aromatic carbocycles. The van der Waals surface area contributed by atoms with Crippen LogP contribution >= 0.6 is 11.8 Å². The lowest BCUT2D eigenvalue weighted by molar-refractivity contribution is -0.116. The Balaban J connectivity index is 1.39. The molecule has 0 atom stereocenters. The minimum absolute atomic E-state index is 0.0168. The molecular formula is C23H22N4O2S. The molecule has 0 aliphatic carbocycles. The van der Waals surface area contributed by atoms with E-state index in [0.717, 1.165) is 10.6 Å². The molecule has 1 saturated heterocycles. The largest absolute Gasteiger partial charge is 0.337 e. The third-order valence-corrected chi connectivity index (χ3v) is 6.63. The lowest BCUT2D eigenvalue weighted by atomic mass is 10.1. The number of nitriles is 1. The Morgan fingerprint density at radius 2 is 1.67 bits per heavy atom. The summed E-state index contributed by atoms with van der Waals surface area (Å²) in [5.41, 5.74) is 1.88. The molecule has 2 aromatic rings. The van der Waals surface area contributed by atoms with E-state index in [9.17, 15) is 14.9 Å². The van der Waals surface area contributed by atoms with Crippen LogP contribution < -0.4 is 4.90 Å². The van der Waals surface area contributed by atoms with Gasteiger partial charge >= 0.3 is 0 Å². The predicted octanol–water partition coefficient (Wildman–Crippen LogP) is 2.99. The molecule has 7 heteroatoms. The number of benzene rings is 2. The van der Waals surface area contributed by atoms with Gasteiger partial charge < -0.3 is 9.80 Å². The molecule has 0 unspecified atom stereocenters. The van der Waals surface area contributed by atoms with Crippen LogP contribution in [0, 0.1) is 11.3 Å². The molecule has 2 heterocycles. The first kappa shape index (κ1) is 20.2. The van der Waals surface area contributed by atoms with Crippen molar-refractivity contribution in [2.24, 2.45) is 0 Å². The number of rotatable bonds is 4. The highest BCUT2D eigenvalue weighted by molar-refractivity contribution is 8.03. The highest BCUT2D eigenvalue weighted by Gasteiger charge is 2.29. The van der Waals surface area contributed by atoms with Crippen molar-refractivity contribution in [3.05, 3.63) is 70.8 Å². The minimum Gasteiger partial charge on any atom is -0.337 e. The number of piperazine rings is 1. The minimum atomic E-state index is -0.178. The SMILES string of the molecule is CN1/C(=C(\C#N)C(=O)CN2CCN(C(=O)c3ccccc3)CC2)Sc2ccccc21. The predicted molar refractivity (Wildman–Crippen MR) is 117 cm³/mol. The first-order chi connectivity index (χ1) is 14.6. The normalized spacial score (nSPS) is 18.0. The van der Waals surface area contributed by atoms with E-state index in [1.54, 1.807) is 0 Å². The molecule has 2 aliphatic heterocycles. The third-order valence-electron chi connectivity index (χ3n) is 5.39. The van der Waals surface area contributed by atoms with Crippen LogP contribution in [0.3, 0.4) is 0 Å². The zero-order chi connectivity index (χ0) is 21.1. The second-order valence-electron chi connectivity index (χ2n) is 7.28. The maximum absolute atomic E-state index is 12.9. The summed E-state index contributed by atoms with van der Waals surface area (Å²) in [6.07, 6.45) is 0. The Hall–Kier alpha value is -3.08. The highest BCUT2D eigenvalue weighted by atomic mass is 32.2. The van der Waals surface area contributed by atoms with Crippen LogP contribution in [0.15, 0.2) is 70.1 Å². The van der Waals surface area contributed by atoms with Crippen molar-refractivity contribution in [1.82, 2.24) is 9.80 Å². The molecule has 0 aromatic heterocycles. The number of anilines is 1. The Morgan fingerprint density at radius 3 is 2.33 bits per heavy atom. The van der Waals surface area contributed by atoms with Gasteiger partial charge in [-0.05, 0) is 24.3 Å². The summed E-state index contributed by atoms with van der Waals surface area (Å²) in [7, 11) is 1.88. The van der Waals surface area contributed by atoms with Crippen molar-refractivity contribution < 1.29 is 9.59 Å². The summed E-state index contributed by atoms with van der Waals surface area (Å²) in [5.74, 6) is -0.161. The number of thioether (sulfide) groups is 1. The molecule has 2 aliphatic rings. The molecule has 0 bridgehead atoms. The Bertz CT molecular complexity index is 1040. The fourth-order valence-electron chi connectivity index (χ4n) is 3.71. The van der Waals surface area contributed by atoms with Gasteiger partial charge in [0.25, 0.3) is 5.91 Å². The van der Waals surface area contributed by atoms with Crippen molar-refractivity contribution in [2.45, 2.75) is 4.90 Å². The van der Waals surface area contributed by atoms with E-state index in [0.29, 0.717) is 36.8 Å². The van der Waals surface area contributed by atoms with Gasteiger partial charge in [0.2, 0.25) is 0 Å². The standard InChI is InChI=1S/C23H22N4O2S/c1-25-19-9-5-6-10-21(19)30-23(25)18(15-24)20(28)16-26-11-13-27(14-12-26)22(29)17-7-3-2-4-8-17/h2-10H,11-14,16H2,1H3/b23-18-. The second-order valence-corrected chi connectivity index (χ2v) is 8.31. The van der Waals surface area contributed by atoms with E-state index in [2.05, 4.69) is 6.07 Å². The number of hydrogen-bond acceptors (Lipinski definition) is 6. The number of nitrogens with zero attached hydrogens (tertiary/aromatic N) is 4. The quantitative estimate of drug-likeness (QED) is 0.562. The van der Waals surface area contributed by atoms with Crippen LogP contribution in [0.25, 0.3) is 0 Å². The summed E-state index contributed by atoms with van der Waals surface area (Å²) in [4.78, 5) is 32.3. The van der Waals surface area contributed by atoms with E-state index < -0.39 is 0 Å². The number of carbonyl (C=O) groups is 2. The van der Waals surface area contributed by atoms with Gasteiger partial charge in [0.1, 0.15) is 16.7 Å². The molecule has 6 nitrogen and oxygen atoms in total.